The van der Waals surface area contributed by atoms with Crippen LogP contribution in [0.2, 0.25) is 0 Å². The van der Waals surface area contributed by atoms with Crippen LogP contribution in [0, 0.1) is 0 Å². The summed E-state index contributed by atoms with van der Waals surface area (Å²) in [5, 5.41) is 2.80. The molecule has 1 aliphatic heterocycles. The molecule has 0 aliphatic carbocycles. The fourth-order valence-corrected chi connectivity index (χ4v) is 5.19. The van der Waals surface area contributed by atoms with Gasteiger partial charge in [0.05, 0.1) is 34.6 Å². The van der Waals surface area contributed by atoms with E-state index >= 15 is 0 Å². The quantitative estimate of drug-likeness (QED) is 0.421. The molecule has 1 aromatic heterocycles. The number of H-pyrrole nitrogens is 2. The van der Waals surface area contributed by atoms with E-state index in [1.54, 1.807) is 25.1 Å². The lowest BCUT2D eigenvalue weighted by Gasteiger charge is -2.33. The second kappa shape index (κ2) is 9.79. The van der Waals surface area contributed by atoms with Crippen LogP contribution in [0.15, 0.2) is 52.2 Å². The minimum Gasteiger partial charge on any atom is -0.462 e. The number of imidazole rings is 1. The van der Waals surface area contributed by atoms with E-state index in [1.165, 1.54) is 28.6 Å². The number of ether oxygens (including phenoxy) is 1. The van der Waals surface area contributed by atoms with Crippen LogP contribution in [-0.4, -0.2) is 78.8 Å². The average molecular weight is 488 g/mol. The SMILES string of the molecule is CCOC(=O)c1ccc(S(=O)(=O)N2CCN(CC(=O)Nc3ccc4[nH]c(=O)[nH]c4c3)CC2)cc1. The first-order chi connectivity index (χ1) is 16.3. The molecule has 1 fully saturated rings. The highest BCUT2D eigenvalue weighted by atomic mass is 32.2. The number of carbonyl (C=O) groups is 2. The van der Waals surface area contributed by atoms with Gasteiger partial charge in [-0.25, -0.2) is 18.0 Å². The van der Waals surface area contributed by atoms with Crippen LogP contribution in [0.3, 0.4) is 0 Å². The number of aromatic amines is 2. The minimum absolute atomic E-state index is 0.102. The lowest BCUT2D eigenvalue weighted by atomic mass is 10.2. The van der Waals surface area contributed by atoms with Gasteiger partial charge in [0.1, 0.15) is 0 Å². The van der Waals surface area contributed by atoms with Gasteiger partial charge in [0.25, 0.3) is 0 Å². The molecular weight excluding hydrogens is 462 g/mol. The number of benzene rings is 2. The lowest BCUT2D eigenvalue weighted by molar-refractivity contribution is -0.117. The molecule has 4 rings (SSSR count). The van der Waals surface area contributed by atoms with Gasteiger partial charge < -0.3 is 20.0 Å². The Balaban J connectivity index is 1.31. The molecule has 3 aromatic rings. The van der Waals surface area contributed by atoms with Crippen molar-refractivity contribution in [3.63, 3.8) is 0 Å². The molecule has 12 heteroatoms. The number of hydrogen-bond acceptors (Lipinski definition) is 7. The molecule has 0 radical (unpaired) electrons. The number of esters is 1. The van der Waals surface area contributed by atoms with Gasteiger partial charge in [-0.15, -0.1) is 0 Å². The zero-order valence-corrected chi connectivity index (χ0v) is 19.4. The molecule has 0 saturated carbocycles. The monoisotopic (exact) mass is 487 g/mol. The molecule has 0 atom stereocenters. The predicted molar refractivity (Wildman–Crippen MR) is 125 cm³/mol. The molecule has 3 N–H and O–H groups in total. The summed E-state index contributed by atoms with van der Waals surface area (Å²) >= 11 is 0. The fourth-order valence-electron chi connectivity index (χ4n) is 3.77. The molecule has 180 valence electrons. The van der Waals surface area contributed by atoms with Crippen molar-refractivity contribution >= 4 is 38.6 Å². The minimum atomic E-state index is -3.71. The first kappa shape index (κ1) is 23.7. The number of sulfonamides is 1. The second-order valence-corrected chi connectivity index (χ2v) is 9.75. The first-order valence-corrected chi connectivity index (χ1v) is 12.2. The van der Waals surface area contributed by atoms with E-state index in [2.05, 4.69) is 15.3 Å². The van der Waals surface area contributed by atoms with Gasteiger partial charge in [-0.3, -0.25) is 9.69 Å². The van der Waals surface area contributed by atoms with Crippen molar-refractivity contribution < 1.29 is 22.7 Å². The van der Waals surface area contributed by atoms with Crippen molar-refractivity contribution in [2.45, 2.75) is 11.8 Å². The largest absolute Gasteiger partial charge is 0.462 e. The standard InChI is InChI=1S/C22H25N5O6S/c1-2-33-21(29)15-3-6-17(7-4-15)34(31,32)27-11-9-26(10-12-27)14-20(28)23-16-5-8-18-19(13-16)25-22(30)24-18/h3-8,13H,2,9-12,14H2,1H3,(H,23,28)(H2,24,25,30). The Morgan fingerprint density at radius 1 is 1.00 bits per heavy atom. The molecule has 11 nitrogen and oxygen atoms in total. The Morgan fingerprint density at radius 3 is 2.35 bits per heavy atom. The molecule has 2 heterocycles. The van der Waals surface area contributed by atoms with Crippen molar-refractivity contribution in [2.24, 2.45) is 0 Å². The predicted octanol–water partition coefficient (Wildman–Crippen LogP) is 0.978. The normalized spacial score (nSPS) is 15.3. The van der Waals surface area contributed by atoms with E-state index in [1.807, 2.05) is 4.90 Å². The number of fused-ring (bicyclic) bond motifs is 1. The summed E-state index contributed by atoms with van der Waals surface area (Å²) in [7, 11) is -3.71. The maximum Gasteiger partial charge on any atom is 0.338 e. The number of rotatable bonds is 7. The first-order valence-electron chi connectivity index (χ1n) is 10.8. The van der Waals surface area contributed by atoms with Gasteiger partial charge in [-0.1, -0.05) is 0 Å². The highest BCUT2D eigenvalue weighted by Crippen LogP contribution is 2.19. The summed E-state index contributed by atoms with van der Waals surface area (Å²) in [5.41, 5.74) is 1.77. The Labute approximate surface area is 195 Å². The summed E-state index contributed by atoms with van der Waals surface area (Å²) in [6, 6.07) is 10.7. The van der Waals surface area contributed by atoms with Crippen molar-refractivity contribution in [2.75, 3.05) is 44.6 Å². The van der Waals surface area contributed by atoms with Crippen molar-refractivity contribution in [1.29, 1.82) is 0 Å². The molecule has 0 bridgehead atoms. The number of aromatic nitrogens is 2. The number of nitrogens with zero attached hydrogens (tertiary/aromatic N) is 2. The van der Waals surface area contributed by atoms with E-state index in [9.17, 15) is 22.8 Å². The summed E-state index contributed by atoms with van der Waals surface area (Å²) in [4.78, 5) is 42.9. The summed E-state index contributed by atoms with van der Waals surface area (Å²) in [5.74, 6) is -0.734. The van der Waals surface area contributed by atoms with Gasteiger partial charge in [0.2, 0.25) is 15.9 Å². The number of carbonyl (C=O) groups excluding carboxylic acids is 2. The molecule has 34 heavy (non-hydrogen) atoms. The van der Waals surface area contributed by atoms with E-state index < -0.39 is 16.0 Å². The Morgan fingerprint density at radius 2 is 1.68 bits per heavy atom. The zero-order chi connectivity index (χ0) is 24.3. The maximum atomic E-state index is 13.0. The van der Waals surface area contributed by atoms with Crippen LogP contribution in [0.4, 0.5) is 5.69 Å². The van der Waals surface area contributed by atoms with E-state index in [4.69, 9.17) is 4.74 Å². The second-order valence-electron chi connectivity index (χ2n) is 7.81. The van der Waals surface area contributed by atoms with Crippen molar-refractivity contribution in [1.82, 2.24) is 19.2 Å². The summed E-state index contributed by atoms with van der Waals surface area (Å²) in [6.07, 6.45) is 0. The van der Waals surface area contributed by atoms with Crippen LogP contribution in [-0.2, 0) is 19.6 Å². The molecule has 1 aliphatic rings. The third-order valence-corrected chi connectivity index (χ3v) is 7.41. The van der Waals surface area contributed by atoms with Gasteiger partial charge in [0.15, 0.2) is 0 Å². The van der Waals surface area contributed by atoms with Gasteiger partial charge >= 0.3 is 11.7 Å². The summed E-state index contributed by atoms with van der Waals surface area (Å²) < 4.78 is 32.2. The summed E-state index contributed by atoms with van der Waals surface area (Å²) in [6.45, 7) is 3.34. The molecule has 1 amide bonds. The highest BCUT2D eigenvalue weighted by Gasteiger charge is 2.29. The maximum absolute atomic E-state index is 13.0. The van der Waals surface area contributed by atoms with E-state index in [-0.39, 0.29) is 42.7 Å². The lowest BCUT2D eigenvalue weighted by Crippen LogP contribution is -2.50. The number of amides is 1. The van der Waals surface area contributed by atoms with Crippen LogP contribution in [0.5, 0.6) is 0 Å². The number of piperazine rings is 1. The third kappa shape index (κ3) is 5.19. The van der Waals surface area contributed by atoms with Crippen molar-refractivity contribution in [3.05, 3.63) is 58.5 Å². The van der Waals surface area contributed by atoms with Gasteiger partial charge in [0, 0.05) is 31.9 Å². The van der Waals surface area contributed by atoms with Gasteiger partial charge in [-0.2, -0.15) is 4.31 Å². The number of hydrogen-bond donors (Lipinski definition) is 3. The zero-order valence-electron chi connectivity index (χ0n) is 18.5. The Bertz CT molecular complexity index is 1350. The van der Waals surface area contributed by atoms with Crippen molar-refractivity contribution in [3.8, 4) is 0 Å². The molecule has 0 unspecified atom stereocenters. The Hall–Kier alpha value is -3.48. The number of nitrogens with one attached hydrogen (secondary N) is 3. The van der Waals surface area contributed by atoms with E-state index in [0.717, 1.165) is 0 Å². The molecule has 1 saturated heterocycles. The Kier molecular flexibility index (Phi) is 6.82. The van der Waals surface area contributed by atoms with Gasteiger partial charge in [-0.05, 0) is 49.4 Å². The van der Waals surface area contributed by atoms with E-state index in [0.29, 0.717) is 35.4 Å². The topological polar surface area (TPSA) is 145 Å². The third-order valence-electron chi connectivity index (χ3n) is 5.50. The fraction of sp³-hybridized carbons (Fsp3) is 0.318. The smallest absolute Gasteiger partial charge is 0.338 e. The molecular formula is C22H25N5O6S. The average Bonchev–Trinajstić information content (AvgIpc) is 3.19. The number of anilines is 1. The highest BCUT2D eigenvalue weighted by molar-refractivity contribution is 7.89. The van der Waals surface area contributed by atoms with Crippen LogP contribution < -0.4 is 11.0 Å². The molecule has 0 spiro atoms. The van der Waals surface area contributed by atoms with Crippen LogP contribution in [0.1, 0.15) is 17.3 Å². The van der Waals surface area contributed by atoms with Crippen LogP contribution in [0.25, 0.3) is 11.0 Å². The molecule has 2 aromatic carbocycles. The van der Waals surface area contributed by atoms with Crippen LogP contribution >= 0.6 is 0 Å².